The Labute approximate surface area is 175 Å². The molecule has 3 aromatic carbocycles. The Kier molecular flexibility index (Phi) is 7.23. The normalized spacial score (nSPS) is 10.7. The summed E-state index contributed by atoms with van der Waals surface area (Å²) in [6, 6.07) is 25.8. The monoisotopic (exact) mass is 399 g/mol. The van der Waals surface area contributed by atoms with E-state index in [1.807, 2.05) is 54.6 Å². The Morgan fingerprint density at radius 1 is 0.967 bits per heavy atom. The highest BCUT2D eigenvalue weighted by molar-refractivity contribution is 5.91. The van der Waals surface area contributed by atoms with Crippen LogP contribution < -0.4 is 14.2 Å². The van der Waals surface area contributed by atoms with Gasteiger partial charge in [0.1, 0.15) is 17.2 Å². The van der Waals surface area contributed by atoms with Crippen LogP contribution in [0.25, 0.3) is 11.6 Å². The number of benzene rings is 3. The molecule has 0 radical (unpaired) electrons. The number of nitriles is 1. The molecule has 0 spiro atoms. The van der Waals surface area contributed by atoms with Crippen molar-refractivity contribution in [3.8, 4) is 23.3 Å². The molecule has 0 bridgehead atoms. The van der Waals surface area contributed by atoms with Crippen LogP contribution in [0.3, 0.4) is 0 Å². The summed E-state index contributed by atoms with van der Waals surface area (Å²) >= 11 is 0. The molecule has 0 aliphatic carbocycles. The average molecular weight is 399 g/mol. The smallest absolute Gasteiger partial charge is 0.314 e. The molecular weight excluding hydrogens is 378 g/mol. The molecule has 5 heteroatoms. The number of allylic oxidation sites excluding steroid dienone is 1. The first kappa shape index (κ1) is 20.7. The maximum absolute atomic E-state index is 12.1. The quantitative estimate of drug-likeness (QED) is 0.227. The minimum absolute atomic E-state index is 0.125. The summed E-state index contributed by atoms with van der Waals surface area (Å²) in [5, 5.41) is 9.59. The van der Waals surface area contributed by atoms with Crippen LogP contribution in [0, 0.1) is 11.3 Å². The minimum Gasteiger partial charge on any atom is -0.496 e. The fraction of sp³-hybridized carbons (Fsp3) is 0.120. The van der Waals surface area contributed by atoms with E-state index < -0.39 is 5.97 Å². The number of hydrogen-bond acceptors (Lipinski definition) is 5. The Morgan fingerprint density at radius 3 is 2.47 bits per heavy atom. The first-order valence-corrected chi connectivity index (χ1v) is 9.43. The fourth-order valence-electron chi connectivity index (χ4n) is 2.82. The van der Waals surface area contributed by atoms with E-state index >= 15 is 0 Å². The van der Waals surface area contributed by atoms with Gasteiger partial charge in [-0.05, 0) is 48.0 Å². The number of methoxy groups -OCH3 is 1. The van der Waals surface area contributed by atoms with Crippen LogP contribution in [0.5, 0.6) is 17.2 Å². The molecule has 0 aliphatic rings. The van der Waals surface area contributed by atoms with E-state index in [0.717, 1.165) is 5.56 Å². The van der Waals surface area contributed by atoms with E-state index in [0.29, 0.717) is 28.4 Å². The van der Waals surface area contributed by atoms with Gasteiger partial charge >= 0.3 is 5.97 Å². The van der Waals surface area contributed by atoms with Crippen LogP contribution in [0.1, 0.15) is 17.5 Å². The van der Waals surface area contributed by atoms with Gasteiger partial charge in [0.05, 0.1) is 31.8 Å². The lowest BCUT2D eigenvalue weighted by Gasteiger charge is -2.08. The maximum Gasteiger partial charge on any atom is 0.314 e. The number of rotatable bonds is 8. The van der Waals surface area contributed by atoms with Crippen LogP contribution in [0.2, 0.25) is 0 Å². The molecule has 0 saturated heterocycles. The molecule has 0 atom stereocenters. The Bertz CT molecular complexity index is 1070. The molecule has 0 aliphatic heterocycles. The van der Waals surface area contributed by atoms with Gasteiger partial charge in [-0.25, -0.2) is 0 Å². The summed E-state index contributed by atoms with van der Waals surface area (Å²) < 4.78 is 16.3. The van der Waals surface area contributed by atoms with Gasteiger partial charge in [0.15, 0.2) is 0 Å². The van der Waals surface area contributed by atoms with Crippen molar-refractivity contribution < 1.29 is 19.0 Å². The zero-order chi connectivity index (χ0) is 21.2. The second kappa shape index (κ2) is 10.5. The van der Waals surface area contributed by atoms with E-state index in [4.69, 9.17) is 14.2 Å². The highest BCUT2D eigenvalue weighted by Gasteiger charge is 2.09. The van der Waals surface area contributed by atoms with Gasteiger partial charge in [-0.2, -0.15) is 5.26 Å². The van der Waals surface area contributed by atoms with Crippen molar-refractivity contribution in [1.82, 2.24) is 0 Å². The Balaban J connectivity index is 1.65. The number of para-hydroxylation sites is 2. The average Bonchev–Trinajstić information content (AvgIpc) is 2.78. The molecule has 0 unspecified atom stereocenters. The van der Waals surface area contributed by atoms with Crippen molar-refractivity contribution in [2.75, 3.05) is 13.7 Å². The van der Waals surface area contributed by atoms with Gasteiger partial charge in [-0.15, -0.1) is 0 Å². The van der Waals surface area contributed by atoms with Crippen molar-refractivity contribution in [2.24, 2.45) is 0 Å². The summed E-state index contributed by atoms with van der Waals surface area (Å²) in [4.78, 5) is 12.1. The zero-order valence-electron chi connectivity index (χ0n) is 16.6. The second-order valence-electron chi connectivity index (χ2n) is 6.33. The number of esters is 1. The molecule has 5 nitrogen and oxygen atoms in total. The highest BCUT2D eigenvalue weighted by Crippen LogP contribution is 2.27. The van der Waals surface area contributed by atoms with Gasteiger partial charge in [0.25, 0.3) is 0 Å². The van der Waals surface area contributed by atoms with Crippen LogP contribution in [0.4, 0.5) is 0 Å². The Hall–Kier alpha value is -4.04. The van der Waals surface area contributed by atoms with E-state index in [-0.39, 0.29) is 13.0 Å². The first-order valence-electron chi connectivity index (χ1n) is 9.43. The molecule has 0 fully saturated rings. The second-order valence-corrected chi connectivity index (χ2v) is 6.33. The van der Waals surface area contributed by atoms with E-state index in [1.54, 1.807) is 37.5 Å². The van der Waals surface area contributed by atoms with Crippen molar-refractivity contribution in [2.45, 2.75) is 6.42 Å². The van der Waals surface area contributed by atoms with Crippen molar-refractivity contribution >= 4 is 17.6 Å². The van der Waals surface area contributed by atoms with Gasteiger partial charge in [0.2, 0.25) is 0 Å². The van der Waals surface area contributed by atoms with Crippen molar-refractivity contribution in [3.63, 3.8) is 0 Å². The van der Waals surface area contributed by atoms with E-state index in [9.17, 15) is 10.1 Å². The number of nitrogens with zero attached hydrogens (tertiary/aromatic N) is 1. The molecule has 0 N–H and O–H groups in total. The SMILES string of the molecule is COc1ccccc1/C(C#N)=C\c1cccc(OC(=O)CCOc2ccccc2)c1. The largest absolute Gasteiger partial charge is 0.496 e. The number of hydrogen-bond donors (Lipinski definition) is 0. The van der Waals surface area contributed by atoms with Crippen LogP contribution in [-0.4, -0.2) is 19.7 Å². The number of carbonyl (C=O) groups excluding carboxylic acids is 1. The lowest BCUT2D eigenvalue weighted by molar-refractivity contribution is -0.134. The van der Waals surface area contributed by atoms with Crippen molar-refractivity contribution in [3.05, 3.63) is 90.0 Å². The summed E-state index contributed by atoms with van der Waals surface area (Å²) in [7, 11) is 1.56. The van der Waals surface area contributed by atoms with Crippen LogP contribution in [0.15, 0.2) is 78.9 Å². The molecule has 0 saturated carbocycles. The maximum atomic E-state index is 12.1. The van der Waals surface area contributed by atoms with Crippen LogP contribution in [-0.2, 0) is 4.79 Å². The standard InChI is InChI=1S/C25H21NO4/c1-28-24-13-6-5-12-23(24)20(18-26)16-19-8-7-11-22(17-19)30-25(27)14-15-29-21-9-3-2-4-10-21/h2-13,16-17H,14-15H2,1H3/b20-16-. The molecule has 150 valence electrons. The summed E-state index contributed by atoms with van der Waals surface area (Å²) in [5.41, 5.74) is 1.89. The zero-order valence-corrected chi connectivity index (χ0v) is 16.6. The third-order valence-corrected chi connectivity index (χ3v) is 4.24. The summed E-state index contributed by atoms with van der Waals surface area (Å²) in [6.07, 6.45) is 1.85. The molecule has 3 aromatic rings. The highest BCUT2D eigenvalue weighted by atomic mass is 16.5. The summed E-state index contributed by atoms with van der Waals surface area (Å²) in [6.45, 7) is 0.231. The number of ether oxygens (including phenoxy) is 3. The molecule has 0 amide bonds. The fourth-order valence-corrected chi connectivity index (χ4v) is 2.82. The van der Waals surface area contributed by atoms with E-state index in [2.05, 4.69) is 6.07 Å². The molecule has 30 heavy (non-hydrogen) atoms. The van der Waals surface area contributed by atoms with Gasteiger partial charge in [0, 0.05) is 5.56 Å². The van der Waals surface area contributed by atoms with Crippen molar-refractivity contribution in [1.29, 1.82) is 5.26 Å². The topological polar surface area (TPSA) is 68.5 Å². The Morgan fingerprint density at radius 2 is 1.70 bits per heavy atom. The molecule has 3 rings (SSSR count). The predicted molar refractivity (Wildman–Crippen MR) is 115 cm³/mol. The number of carbonyl (C=O) groups is 1. The third kappa shape index (κ3) is 5.73. The van der Waals surface area contributed by atoms with Gasteiger partial charge in [-0.1, -0.05) is 42.5 Å². The van der Waals surface area contributed by atoms with Gasteiger partial charge in [-0.3, -0.25) is 4.79 Å². The lowest BCUT2D eigenvalue weighted by Crippen LogP contribution is -2.12. The van der Waals surface area contributed by atoms with Crippen LogP contribution >= 0.6 is 0 Å². The summed E-state index contributed by atoms with van der Waals surface area (Å²) in [5.74, 6) is 1.34. The first-order chi connectivity index (χ1) is 14.7. The minimum atomic E-state index is -0.391. The lowest BCUT2D eigenvalue weighted by atomic mass is 10.0. The molecule has 0 aromatic heterocycles. The molecule has 0 heterocycles. The van der Waals surface area contributed by atoms with Gasteiger partial charge < -0.3 is 14.2 Å². The van der Waals surface area contributed by atoms with E-state index in [1.165, 1.54) is 0 Å². The molecular formula is C25H21NO4. The third-order valence-electron chi connectivity index (χ3n) is 4.24. The predicted octanol–water partition coefficient (Wildman–Crippen LogP) is 5.13.